The molecule has 0 unspecified atom stereocenters. The predicted molar refractivity (Wildman–Crippen MR) is 240 cm³/mol. The highest BCUT2D eigenvalue weighted by Gasteiger charge is 2.32. The molecule has 0 bridgehead atoms. The Morgan fingerprint density at radius 1 is 0.406 bits per heavy atom. The van der Waals surface area contributed by atoms with Crippen LogP contribution in [0, 0.1) is 36.5 Å². The van der Waals surface area contributed by atoms with E-state index >= 15 is 0 Å². The van der Waals surface area contributed by atoms with Crippen molar-refractivity contribution in [1.29, 1.82) is 10.5 Å². The minimum absolute atomic E-state index is 0.317. The maximum atomic E-state index is 13.9. The number of hydrogen-bond acceptors (Lipinski definition) is 2. The molecule has 0 aliphatic carbocycles. The summed E-state index contributed by atoms with van der Waals surface area (Å²) in [6, 6.07) is 50.1. The largest absolute Gasteiger partial charge is 0.416 e. The monoisotopic (exact) mass is 850 g/mol. The first-order valence-corrected chi connectivity index (χ1v) is 20.2. The van der Waals surface area contributed by atoms with Crippen molar-refractivity contribution in [2.45, 2.75) is 26.2 Å². The van der Waals surface area contributed by atoms with Gasteiger partial charge in [0, 0.05) is 27.1 Å². The van der Waals surface area contributed by atoms with Crippen LogP contribution in [0.25, 0.3) is 88.4 Å². The molecule has 2 heterocycles. The number of nitrogens with zero attached hydrogens (tertiary/aromatic N) is 4. The van der Waals surface area contributed by atoms with Crippen LogP contribution in [0.2, 0.25) is 0 Å². The maximum absolute atomic E-state index is 13.9. The van der Waals surface area contributed by atoms with Gasteiger partial charge in [-0.1, -0.05) is 72.8 Å². The van der Waals surface area contributed by atoms with Gasteiger partial charge in [0.25, 0.3) is 0 Å². The second-order valence-corrected chi connectivity index (χ2v) is 16.0. The standard InChI is InChI=1S/C54H32F6N4/c1-31-18-37(23-40(20-31)53(55,56)57)34-14-16-49-45(25-34)42-10-3-5-12-47(42)63(49)51-28-44(36-9-7-8-33(22-36)29-61)52(27-39(51)30-62)64-48-13-6-4-11-43(48)46-26-35(15-17-50(46)64)38-19-32(2)21-41(24-38)54(58,59)60/h3-28H,1-2H3. The van der Waals surface area contributed by atoms with Gasteiger partial charge < -0.3 is 9.13 Å². The summed E-state index contributed by atoms with van der Waals surface area (Å²) in [4.78, 5) is 0. The highest BCUT2D eigenvalue weighted by molar-refractivity contribution is 6.12. The van der Waals surface area contributed by atoms with Crippen LogP contribution in [0.4, 0.5) is 26.3 Å². The molecule has 0 atom stereocenters. The molecule has 10 aromatic rings. The number of nitriles is 2. The summed E-state index contributed by atoms with van der Waals surface area (Å²) in [5.41, 5.74) is 7.91. The maximum Gasteiger partial charge on any atom is 0.416 e. The van der Waals surface area contributed by atoms with Gasteiger partial charge in [-0.05, 0) is 138 Å². The average Bonchev–Trinajstić information content (AvgIpc) is 3.79. The van der Waals surface area contributed by atoms with Gasteiger partial charge in [0.05, 0.1) is 61.8 Å². The lowest BCUT2D eigenvalue weighted by Crippen LogP contribution is -2.05. The Balaban J connectivity index is 1.23. The molecule has 64 heavy (non-hydrogen) atoms. The van der Waals surface area contributed by atoms with Crippen LogP contribution in [-0.4, -0.2) is 9.13 Å². The Kier molecular flexibility index (Phi) is 9.25. The zero-order valence-electron chi connectivity index (χ0n) is 34.1. The van der Waals surface area contributed by atoms with Gasteiger partial charge in [-0.15, -0.1) is 0 Å². The van der Waals surface area contributed by atoms with Gasteiger partial charge in [0.2, 0.25) is 0 Å². The van der Waals surface area contributed by atoms with Crippen molar-refractivity contribution in [1.82, 2.24) is 9.13 Å². The fraction of sp³-hybridized carbons (Fsp3) is 0.0741. The number of para-hydroxylation sites is 2. The molecule has 4 nitrogen and oxygen atoms in total. The quantitative estimate of drug-likeness (QED) is 0.162. The summed E-state index contributed by atoms with van der Waals surface area (Å²) >= 11 is 0. The number of rotatable bonds is 5. The van der Waals surface area contributed by atoms with Crippen molar-refractivity contribution < 1.29 is 26.3 Å². The van der Waals surface area contributed by atoms with Crippen LogP contribution in [-0.2, 0) is 12.4 Å². The number of alkyl halides is 6. The Morgan fingerprint density at radius 3 is 1.41 bits per heavy atom. The predicted octanol–water partition coefficient (Wildman–Crippen LogP) is 15.3. The van der Waals surface area contributed by atoms with Gasteiger partial charge in [-0.2, -0.15) is 36.9 Å². The van der Waals surface area contributed by atoms with Gasteiger partial charge in [-0.25, -0.2) is 0 Å². The Bertz CT molecular complexity index is 3650. The summed E-state index contributed by atoms with van der Waals surface area (Å²) in [5, 5.41) is 24.3. The van der Waals surface area contributed by atoms with Gasteiger partial charge in [0.15, 0.2) is 0 Å². The highest BCUT2D eigenvalue weighted by atomic mass is 19.4. The Morgan fingerprint density at radius 2 is 0.906 bits per heavy atom. The third-order valence-electron chi connectivity index (χ3n) is 11.8. The molecule has 2 aromatic heterocycles. The van der Waals surface area contributed by atoms with E-state index in [1.165, 1.54) is 0 Å². The van der Waals surface area contributed by atoms with E-state index in [-0.39, 0.29) is 0 Å². The minimum atomic E-state index is -4.52. The second-order valence-electron chi connectivity index (χ2n) is 16.0. The van der Waals surface area contributed by atoms with Crippen LogP contribution in [0.15, 0.2) is 158 Å². The molecule has 8 aromatic carbocycles. The third-order valence-corrected chi connectivity index (χ3v) is 11.8. The third kappa shape index (κ3) is 6.72. The molecule has 310 valence electrons. The number of benzene rings is 8. The number of fused-ring (bicyclic) bond motifs is 6. The molecule has 0 aliphatic rings. The summed E-state index contributed by atoms with van der Waals surface area (Å²) in [5.74, 6) is 0. The lowest BCUT2D eigenvalue weighted by atomic mass is 9.97. The van der Waals surface area contributed by atoms with E-state index in [9.17, 15) is 36.9 Å². The number of aryl methyl sites for hydroxylation is 2. The first-order valence-electron chi connectivity index (χ1n) is 20.2. The van der Waals surface area contributed by atoms with Crippen LogP contribution in [0.1, 0.15) is 33.4 Å². The van der Waals surface area contributed by atoms with E-state index < -0.39 is 23.5 Å². The van der Waals surface area contributed by atoms with Crippen molar-refractivity contribution in [2.75, 3.05) is 0 Å². The van der Waals surface area contributed by atoms with Crippen LogP contribution in [0.3, 0.4) is 0 Å². The lowest BCUT2D eigenvalue weighted by molar-refractivity contribution is -0.138. The number of hydrogen-bond donors (Lipinski definition) is 0. The topological polar surface area (TPSA) is 57.4 Å². The molecule has 10 heteroatoms. The fourth-order valence-electron chi connectivity index (χ4n) is 9.07. The SMILES string of the molecule is Cc1cc(-c2ccc3c(c2)c2ccccc2n3-c2cc(-c3cccc(C#N)c3)c(-n3c4ccccc4c4cc(-c5cc(C)cc(C(F)(F)F)c5)ccc43)cc2C#N)cc(C(F)(F)F)c1. The van der Waals surface area contributed by atoms with Crippen molar-refractivity contribution in [3.8, 4) is 56.9 Å². The summed E-state index contributed by atoms with van der Waals surface area (Å²) in [6.07, 6.45) is -9.03. The fourth-order valence-corrected chi connectivity index (χ4v) is 9.07. The van der Waals surface area contributed by atoms with Gasteiger partial charge in [0.1, 0.15) is 6.07 Å². The van der Waals surface area contributed by atoms with Gasteiger partial charge in [-0.3, -0.25) is 0 Å². The lowest BCUT2D eigenvalue weighted by Gasteiger charge is -2.19. The van der Waals surface area contributed by atoms with E-state index in [1.54, 1.807) is 56.3 Å². The molecule has 0 spiro atoms. The number of aromatic nitrogens is 2. The first-order chi connectivity index (χ1) is 30.7. The normalized spacial score (nSPS) is 12.0. The van der Waals surface area contributed by atoms with Crippen molar-refractivity contribution in [3.05, 3.63) is 191 Å². The molecule has 0 N–H and O–H groups in total. The van der Waals surface area contributed by atoms with Crippen LogP contribution < -0.4 is 0 Å². The summed E-state index contributed by atoms with van der Waals surface area (Å²) < 4.78 is 87.6. The summed E-state index contributed by atoms with van der Waals surface area (Å²) in [6.45, 7) is 3.28. The Labute approximate surface area is 362 Å². The zero-order chi connectivity index (χ0) is 44.7. The molecule has 10 rings (SSSR count). The first kappa shape index (κ1) is 40.0. The number of halogens is 6. The molecule has 0 saturated carbocycles. The summed E-state index contributed by atoms with van der Waals surface area (Å²) in [7, 11) is 0. The van der Waals surface area contributed by atoms with E-state index in [4.69, 9.17) is 0 Å². The minimum Gasteiger partial charge on any atom is -0.309 e. The average molecular weight is 851 g/mol. The molecule has 0 radical (unpaired) electrons. The van der Waals surface area contributed by atoms with Crippen LogP contribution >= 0.6 is 0 Å². The Hall–Kier alpha value is -8.08. The van der Waals surface area contributed by atoms with E-state index in [0.717, 1.165) is 67.9 Å². The molecule has 0 amide bonds. The molecule has 0 aliphatic heterocycles. The second kappa shape index (κ2) is 14.8. The molecule has 0 saturated heterocycles. The van der Waals surface area contributed by atoms with E-state index in [0.29, 0.717) is 67.0 Å². The van der Waals surface area contributed by atoms with Gasteiger partial charge >= 0.3 is 12.4 Å². The smallest absolute Gasteiger partial charge is 0.309 e. The highest BCUT2D eigenvalue weighted by Crippen LogP contribution is 2.43. The molecular formula is C54H32F6N4. The van der Waals surface area contributed by atoms with E-state index in [2.05, 4.69) is 12.1 Å². The van der Waals surface area contributed by atoms with Crippen LogP contribution in [0.5, 0.6) is 0 Å². The van der Waals surface area contributed by atoms with E-state index in [1.807, 2.05) is 100 Å². The van der Waals surface area contributed by atoms with Crippen molar-refractivity contribution >= 4 is 43.6 Å². The van der Waals surface area contributed by atoms with Crippen molar-refractivity contribution in [3.63, 3.8) is 0 Å². The zero-order valence-corrected chi connectivity index (χ0v) is 34.1. The molecule has 0 fully saturated rings. The molecular weight excluding hydrogens is 819 g/mol. The van der Waals surface area contributed by atoms with Crippen molar-refractivity contribution in [2.24, 2.45) is 0 Å².